The summed E-state index contributed by atoms with van der Waals surface area (Å²) in [5.41, 5.74) is 0.845. The van der Waals surface area contributed by atoms with Gasteiger partial charge in [0.15, 0.2) is 0 Å². The van der Waals surface area contributed by atoms with E-state index in [9.17, 15) is 13.2 Å². The zero-order chi connectivity index (χ0) is 21.9. The van der Waals surface area contributed by atoms with E-state index in [0.717, 1.165) is 12.8 Å². The molecule has 1 amide bonds. The van der Waals surface area contributed by atoms with Crippen molar-refractivity contribution in [2.45, 2.75) is 77.0 Å². The van der Waals surface area contributed by atoms with E-state index in [1.54, 1.807) is 24.3 Å². The Balaban J connectivity index is 1.47. The second-order valence-corrected chi connectivity index (χ2v) is 12.2. The molecule has 2 aliphatic carbocycles. The van der Waals surface area contributed by atoms with E-state index in [1.165, 1.54) is 10.7 Å². The average molecular weight is 435 g/mol. The molecule has 5 unspecified atom stereocenters. The molecule has 0 spiro atoms. The number of morpholine rings is 1. The van der Waals surface area contributed by atoms with Gasteiger partial charge in [0.25, 0.3) is 5.91 Å². The molecule has 166 valence electrons. The first-order valence-electron chi connectivity index (χ1n) is 11.0. The number of hydrogen-bond acceptors (Lipinski definition) is 4. The Morgan fingerprint density at radius 3 is 2.20 bits per heavy atom. The number of rotatable bonds is 4. The van der Waals surface area contributed by atoms with Crippen molar-refractivity contribution in [1.29, 1.82) is 0 Å². The number of ether oxygens (including phenoxy) is 1. The van der Waals surface area contributed by atoms with Crippen LogP contribution in [0.4, 0.5) is 0 Å². The molecule has 1 saturated heterocycles. The van der Waals surface area contributed by atoms with Crippen molar-refractivity contribution in [3.8, 4) is 0 Å². The van der Waals surface area contributed by atoms with Crippen molar-refractivity contribution < 1.29 is 17.9 Å². The maximum absolute atomic E-state index is 13.0. The van der Waals surface area contributed by atoms with Crippen molar-refractivity contribution in [2.75, 3.05) is 13.1 Å². The predicted octanol–water partition coefficient (Wildman–Crippen LogP) is 3.43. The zero-order valence-electron chi connectivity index (χ0n) is 18.6. The normalized spacial score (nSPS) is 36.0. The third-order valence-corrected chi connectivity index (χ3v) is 10.1. The van der Waals surface area contributed by atoms with Crippen LogP contribution in [0.1, 0.15) is 64.2 Å². The van der Waals surface area contributed by atoms with Gasteiger partial charge in [-0.05, 0) is 74.1 Å². The second kappa shape index (κ2) is 7.31. The van der Waals surface area contributed by atoms with Crippen LogP contribution in [0.15, 0.2) is 29.2 Å². The van der Waals surface area contributed by atoms with Gasteiger partial charge in [0, 0.05) is 24.7 Å². The number of benzene rings is 1. The Hall–Kier alpha value is -1.44. The zero-order valence-corrected chi connectivity index (χ0v) is 19.5. The fraction of sp³-hybridized carbons (Fsp3) is 0.696. The monoisotopic (exact) mass is 434 g/mol. The highest BCUT2D eigenvalue weighted by Crippen LogP contribution is 2.65. The fourth-order valence-electron chi connectivity index (χ4n) is 5.92. The minimum absolute atomic E-state index is 0.111. The molecule has 1 aromatic rings. The van der Waals surface area contributed by atoms with Crippen LogP contribution < -0.4 is 5.32 Å². The van der Waals surface area contributed by atoms with Crippen LogP contribution in [0.3, 0.4) is 0 Å². The van der Waals surface area contributed by atoms with Crippen LogP contribution in [0.2, 0.25) is 0 Å². The molecule has 3 fully saturated rings. The molecule has 0 radical (unpaired) electrons. The van der Waals surface area contributed by atoms with E-state index < -0.39 is 10.0 Å². The van der Waals surface area contributed by atoms with Gasteiger partial charge in [-0.3, -0.25) is 4.79 Å². The van der Waals surface area contributed by atoms with Crippen molar-refractivity contribution in [1.82, 2.24) is 9.62 Å². The van der Waals surface area contributed by atoms with E-state index in [-0.39, 0.29) is 39.9 Å². The molecule has 7 heteroatoms. The van der Waals surface area contributed by atoms with E-state index in [4.69, 9.17) is 4.74 Å². The third kappa shape index (κ3) is 3.39. The van der Waals surface area contributed by atoms with Gasteiger partial charge in [-0.25, -0.2) is 8.42 Å². The van der Waals surface area contributed by atoms with Crippen LogP contribution in [0.25, 0.3) is 0 Å². The number of carbonyl (C=O) groups excluding carboxylic acids is 1. The number of nitrogens with one attached hydrogen (secondary N) is 1. The number of hydrogen-bond donors (Lipinski definition) is 1. The number of fused-ring (bicyclic) bond motifs is 2. The number of amides is 1. The fourth-order valence-corrected chi connectivity index (χ4v) is 7.51. The van der Waals surface area contributed by atoms with E-state index in [0.29, 0.717) is 24.6 Å². The lowest BCUT2D eigenvalue weighted by Crippen LogP contribution is -2.48. The highest BCUT2D eigenvalue weighted by atomic mass is 32.2. The standard InChI is InChI=1S/C23H34N2O4S/c1-15-13-25(14-16(2)29-15)30(27,28)19-8-6-17(7-9-19)21(26)24-20-12-18-10-11-23(20,5)22(18,3)4/h6-9,15-16,18,20H,10-14H2,1-5H3,(H,24,26). The molecule has 1 N–H and O–H groups in total. The summed E-state index contributed by atoms with van der Waals surface area (Å²) in [5.74, 6) is 0.528. The lowest BCUT2D eigenvalue weighted by molar-refractivity contribution is -0.0440. The summed E-state index contributed by atoms with van der Waals surface area (Å²) in [4.78, 5) is 13.1. The van der Waals surface area contributed by atoms with E-state index in [2.05, 4.69) is 26.1 Å². The minimum Gasteiger partial charge on any atom is -0.373 e. The Bertz CT molecular complexity index is 917. The van der Waals surface area contributed by atoms with Gasteiger partial charge < -0.3 is 10.1 Å². The van der Waals surface area contributed by atoms with E-state index in [1.807, 2.05) is 13.8 Å². The Morgan fingerprint density at radius 1 is 1.10 bits per heavy atom. The first-order valence-corrected chi connectivity index (χ1v) is 12.5. The molecule has 4 rings (SSSR count). The molecule has 5 atom stereocenters. The largest absolute Gasteiger partial charge is 0.373 e. The van der Waals surface area contributed by atoms with Gasteiger partial charge in [0.2, 0.25) is 10.0 Å². The summed E-state index contributed by atoms with van der Waals surface area (Å²) < 4.78 is 33.1. The van der Waals surface area contributed by atoms with Gasteiger partial charge in [-0.2, -0.15) is 4.31 Å². The molecule has 6 nitrogen and oxygen atoms in total. The number of carbonyl (C=O) groups is 1. The number of nitrogens with zero attached hydrogens (tertiary/aromatic N) is 1. The molecule has 3 aliphatic rings. The predicted molar refractivity (Wildman–Crippen MR) is 116 cm³/mol. The van der Waals surface area contributed by atoms with Crippen LogP contribution in [0.5, 0.6) is 0 Å². The molecule has 30 heavy (non-hydrogen) atoms. The quantitative estimate of drug-likeness (QED) is 0.788. The first kappa shape index (κ1) is 21.8. The summed E-state index contributed by atoms with van der Waals surface area (Å²) in [6.45, 7) is 11.4. The van der Waals surface area contributed by atoms with Crippen molar-refractivity contribution in [3.05, 3.63) is 29.8 Å². The molecular formula is C23H34N2O4S. The molecule has 1 aliphatic heterocycles. The molecule has 2 bridgehead atoms. The maximum Gasteiger partial charge on any atom is 0.251 e. The lowest BCUT2D eigenvalue weighted by Gasteiger charge is -2.39. The molecule has 2 saturated carbocycles. The summed E-state index contributed by atoms with van der Waals surface area (Å²) in [7, 11) is -3.60. The maximum atomic E-state index is 13.0. The van der Waals surface area contributed by atoms with Gasteiger partial charge in [0.1, 0.15) is 0 Å². The molecule has 1 heterocycles. The van der Waals surface area contributed by atoms with Gasteiger partial charge >= 0.3 is 0 Å². The first-order chi connectivity index (χ1) is 13.9. The van der Waals surface area contributed by atoms with Crippen molar-refractivity contribution in [2.24, 2.45) is 16.7 Å². The lowest BCUT2D eigenvalue weighted by atomic mass is 9.69. The van der Waals surface area contributed by atoms with E-state index >= 15 is 0 Å². The SMILES string of the molecule is CC1CN(S(=O)(=O)c2ccc(C(=O)NC3CC4CCC3(C)C4(C)C)cc2)CC(C)O1. The summed E-state index contributed by atoms with van der Waals surface area (Å²) in [5, 5.41) is 3.24. The van der Waals surface area contributed by atoms with Crippen LogP contribution in [-0.2, 0) is 14.8 Å². The summed E-state index contributed by atoms with van der Waals surface area (Å²) >= 11 is 0. The van der Waals surface area contributed by atoms with Crippen LogP contribution in [0, 0.1) is 16.7 Å². The van der Waals surface area contributed by atoms with Gasteiger partial charge in [-0.1, -0.05) is 20.8 Å². The molecule has 1 aromatic carbocycles. The third-order valence-electron chi connectivity index (χ3n) is 8.24. The minimum atomic E-state index is -3.60. The molecule has 0 aromatic heterocycles. The van der Waals surface area contributed by atoms with Crippen LogP contribution in [-0.4, -0.2) is 50.0 Å². The summed E-state index contributed by atoms with van der Waals surface area (Å²) in [6.07, 6.45) is 3.13. The average Bonchev–Trinajstić information content (AvgIpc) is 3.01. The van der Waals surface area contributed by atoms with Crippen LogP contribution >= 0.6 is 0 Å². The second-order valence-electron chi connectivity index (χ2n) is 10.2. The van der Waals surface area contributed by atoms with Crippen molar-refractivity contribution >= 4 is 15.9 Å². The Labute approximate surface area is 180 Å². The Morgan fingerprint density at radius 2 is 1.70 bits per heavy atom. The smallest absolute Gasteiger partial charge is 0.251 e. The highest BCUT2D eigenvalue weighted by Gasteiger charge is 2.61. The van der Waals surface area contributed by atoms with Crippen molar-refractivity contribution in [3.63, 3.8) is 0 Å². The molecular weight excluding hydrogens is 400 g/mol. The topological polar surface area (TPSA) is 75.7 Å². The van der Waals surface area contributed by atoms with Gasteiger partial charge in [0.05, 0.1) is 17.1 Å². The number of sulfonamides is 1. The van der Waals surface area contributed by atoms with Gasteiger partial charge in [-0.15, -0.1) is 0 Å². The Kier molecular flexibility index (Phi) is 5.31. The summed E-state index contributed by atoms with van der Waals surface area (Å²) in [6, 6.07) is 6.49. The highest BCUT2D eigenvalue weighted by molar-refractivity contribution is 7.89.